The number of benzene rings is 1. The van der Waals surface area contributed by atoms with Gasteiger partial charge in [-0.2, -0.15) is 0 Å². The van der Waals surface area contributed by atoms with E-state index in [0.717, 1.165) is 3.57 Å². The van der Waals surface area contributed by atoms with Crippen molar-refractivity contribution in [3.05, 3.63) is 27.8 Å². The Kier molecular flexibility index (Phi) is 4.39. The summed E-state index contributed by atoms with van der Waals surface area (Å²) in [6, 6.07) is 7.32. The standard InChI is InChI=1S/C10H14INO2S/c1-8(2)7-15(13,14)12-10-6-4-3-5-9(10)11/h3-6,8,12H,7H2,1-2H3. The van der Waals surface area contributed by atoms with E-state index < -0.39 is 10.0 Å². The minimum Gasteiger partial charge on any atom is -0.282 e. The average Bonchev–Trinajstić information content (AvgIpc) is 2.06. The molecule has 1 aromatic rings. The van der Waals surface area contributed by atoms with Gasteiger partial charge in [-0.15, -0.1) is 0 Å². The summed E-state index contributed by atoms with van der Waals surface area (Å²) in [5.74, 6) is 0.279. The number of sulfonamides is 1. The van der Waals surface area contributed by atoms with Crippen LogP contribution in [-0.2, 0) is 10.0 Å². The highest BCUT2D eigenvalue weighted by Crippen LogP contribution is 2.18. The van der Waals surface area contributed by atoms with Crippen molar-refractivity contribution in [2.75, 3.05) is 10.5 Å². The minimum absolute atomic E-state index is 0.129. The van der Waals surface area contributed by atoms with Gasteiger partial charge < -0.3 is 0 Å². The molecule has 0 amide bonds. The summed E-state index contributed by atoms with van der Waals surface area (Å²) in [7, 11) is -3.21. The van der Waals surface area contributed by atoms with Crippen molar-refractivity contribution in [3.63, 3.8) is 0 Å². The zero-order valence-corrected chi connectivity index (χ0v) is 11.7. The van der Waals surface area contributed by atoms with Crippen molar-refractivity contribution in [2.24, 2.45) is 5.92 Å². The van der Waals surface area contributed by atoms with E-state index >= 15 is 0 Å². The summed E-state index contributed by atoms with van der Waals surface area (Å²) in [6.07, 6.45) is 0. The van der Waals surface area contributed by atoms with Crippen LogP contribution in [0.25, 0.3) is 0 Å². The second-order valence-electron chi connectivity index (χ2n) is 3.76. The van der Waals surface area contributed by atoms with Crippen molar-refractivity contribution in [1.29, 1.82) is 0 Å². The Morgan fingerprint density at radius 2 is 1.93 bits per heavy atom. The normalized spacial score (nSPS) is 11.7. The molecule has 5 heteroatoms. The molecule has 0 aromatic heterocycles. The van der Waals surface area contributed by atoms with Gasteiger partial charge in [0.1, 0.15) is 0 Å². The number of para-hydroxylation sites is 1. The van der Waals surface area contributed by atoms with E-state index in [4.69, 9.17) is 0 Å². The Balaban J connectivity index is 2.83. The van der Waals surface area contributed by atoms with Gasteiger partial charge in [0.05, 0.1) is 11.4 Å². The molecule has 0 unspecified atom stereocenters. The first-order valence-electron chi connectivity index (χ1n) is 4.66. The molecule has 0 fully saturated rings. The van der Waals surface area contributed by atoms with Crippen LogP contribution >= 0.6 is 22.6 Å². The van der Waals surface area contributed by atoms with Gasteiger partial charge in [-0.25, -0.2) is 8.42 Å². The van der Waals surface area contributed by atoms with Crippen LogP contribution in [0.4, 0.5) is 5.69 Å². The molecule has 1 rings (SSSR count). The van der Waals surface area contributed by atoms with E-state index in [-0.39, 0.29) is 11.7 Å². The molecule has 0 spiro atoms. The molecule has 1 aromatic carbocycles. The Labute approximate surface area is 104 Å². The Morgan fingerprint density at radius 3 is 2.47 bits per heavy atom. The number of halogens is 1. The molecular formula is C10H14INO2S. The fourth-order valence-corrected chi connectivity index (χ4v) is 3.37. The second kappa shape index (κ2) is 5.16. The highest BCUT2D eigenvalue weighted by atomic mass is 127. The monoisotopic (exact) mass is 339 g/mol. The van der Waals surface area contributed by atoms with Crippen molar-refractivity contribution in [2.45, 2.75) is 13.8 Å². The SMILES string of the molecule is CC(C)CS(=O)(=O)Nc1ccccc1I. The van der Waals surface area contributed by atoms with Crippen LogP contribution in [0.15, 0.2) is 24.3 Å². The van der Waals surface area contributed by atoms with Gasteiger partial charge in [0.15, 0.2) is 0 Å². The lowest BCUT2D eigenvalue weighted by Crippen LogP contribution is -2.20. The van der Waals surface area contributed by atoms with Gasteiger partial charge in [-0.05, 0) is 40.6 Å². The molecule has 0 saturated heterocycles. The third kappa shape index (κ3) is 4.38. The average molecular weight is 339 g/mol. The van der Waals surface area contributed by atoms with Crippen LogP contribution in [0.2, 0.25) is 0 Å². The lowest BCUT2D eigenvalue weighted by Gasteiger charge is -2.10. The topological polar surface area (TPSA) is 46.2 Å². The van der Waals surface area contributed by atoms with Crippen LogP contribution < -0.4 is 4.72 Å². The first kappa shape index (κ1) is 12.8. The third-order valence-electron chi connectivity index (χ3n) is 1.69. The van der Waals surface area contributed by atoms with E-state index in [1.165, 1.54) is 0 Å². The highest BCUT2D eigenvalue weighted by molar-refractivity contribution is 14.1. The molecule has 0 aliphatic carbocycles. The Hall–Kier alpha value is -0.300. The van der Waals surface area contributed by atoms with E-state index in [1.54, 1.807) is 6.07 Å². The van der Waals surface area contributed by atoms with E-state index in [1.807, 2.05) is 32.0 Å². The molecule has 0 aliphatic rings. The fraction of sp³-hybridized carbons (Fsp3) is 0.400. The molecule has 15 heavy (non-hydrogen) atoms. The second-order valence-corrected chi connectivity index (χ2v) is 6.69. The molecule has 0 heterocycles. The maximum atomic E-state index is 11.6. The molecule has 0 bridgehead atoms. The summed E-state index contributed by atoms with van der Waals surface area (Å²) in [5.41, 5.74) is 0.652. The summed E-state index contributed by atoms with van der Waals surface area (Å²) in [6.45, 7) is 3.77. The van der Waals surface area contributed by atoms with Crippen molar-refractivity contribution >= 4 is 38.3 Å². The fourth-order valence-electron chi connectivity index (χ4n) is 1.19. The van der Waals surface area contributed by atoms with Crippen LogP contribution in [0.3, 0.4) is 0 Å². The largest absolute Gasteiger partial charge is 0.282 e. The van der Waals surface area contributed by atoms with Gasteiger partial charge in [-0.3, -0.25) is 4.72 Å². The zero-order valence-electron chi connectivity index (χ0n) is 8.70. The molecule has 84 valence electrons. The van der Waals surface area contributed by atoms with Crippen LogP contribution in [0, 0.1) is 9.49 Å². The van der Waals surface area contributed by atoms with Gasteiger partial charge >= 0.3 is 0 Å². The smallest absolute Gasteiger partial charge is 0.233 e. The van der Waals surface area contributed by atoms with Crippen molar-refractivity contribution < 1.29 is 8.42 Å². The Morgan fingerprint density at radius 1 is 1.33 bits per heavy atom. The summed E-state index contributed by atoms with van der Waals surface area (Å²) < 4.78 is 26.8. The minimum atomic E-state index is -3.21. The third-order valence-corrected chi connectivity index (χ3v) is 4.27. The highest BCUT2D eigenvalue weighted by Gasteiger charge is 2.13. The molecule has 0 aliphatic heterocycles. The molecular weight excluding hydrogens is 325 g/mol. The zero-order chi connectivity index (χ0) is 11.5. The van der Waals surface area contributed by atoms with Crippen LogP contribution in [0.5, 0.6) is 0 Å². The number of hydrogen-bond acceptors (Lipinski definition) is 2. The molecule has 1 N–H and O–H groups in total. The quantitative estimate of drug-likeness (QED) is 0.858. The lowest BCUT2D eigenvalue weighted by atomic mass is 10.3. The first-order chi connectivity index (χ1) is 6.91. The summed E-state index contributed by atoms with van der Waals surface area (Å²) >= 11 is 2.11. The van der Waals surface area contributed by atoms with Gasteiger partial charge in [0.2, 0.25) is 10.0 Å². The molecule has 0 atom stereocenters. The summed E-state index contributed by atoms with van der Waals surface area (Å²) in [5, 5.41) is 0. The van der Waals surface area contributed by atoms with Gasteiger partial charge in [-0.1, -0.05) is 26.0 Å². The van der Waals surface area contributed by atoms with E-state index in [0.29, 0.717) is 5.69 Å². The van der Waals surface area contributed by atoms with Gasteiger partial charge in [0, 0.05) is 3.57 Å². The van der Waals surface area contributed by atoms with Crippen molar-refractivity contribution in [1.82, 2.24) is 0 Å². The van der Waals surface area contributed by atoms with E-state index in [9.17, 15) is 8.42 Å². The number of nitrogens with one attached hydrogen (secondary N) is 1. The Bertz CT molecular complexity index is 429. The maximum absolute atomic E-state index is 11.6. The number of anilines is 1. The van der Waals surface area contributed by atoms with Gasteiger partial charge in [0.25, 0.3) is 0 Å². The molecule has 0 radical (unpaired) electrons. The van der Waals surface area contributed by atoms with Crippen molar-refractivity contribution in [3.8, 4) is 0 Å². The first-order valence-corrected chi connectivity index (χ1v) is 7.39. The van der Waals surface area contributed by atoms with Crippen LogP contribution in [-0.4, -0.2) is 14.2 Å². The predicted octanol–water partition coefficient (Wildman–Crippen LogP) is 2.69. The predicted molar refractivity (Wildman–Crippen MR) is 71.4 cm³/mol. The molecule has 0 saturated carbocycles. The number of rotatable bonds is 4. The van der Waals surface area contributed by atoms with Crippen LogP contribution in [0.1, 0.15) is 13.8 Å². The maximum Gasteiger partial charge on any atom is 0.233 e. The summed E-state index contributed by atoms with van der Waals surface area (Å²) in [4.78, 5) is 0. The molecule has 3 nitrogen and oxygen atoms in total. The van der Waals surface area contributed by atoms with E-state index in [2.05, 4.69) is 27.3 Å². The lowest BCUT2D eigenvalue weighted by molar-refractivity contribution is 0.587. The number of hydrogen-bond donors (Lipinski definition) is 1.